The molecule has 0 aromatic carbocycles. The number of thioether (sulfide) groups is 2. The van der Waals surface area contributed by atoms with Gasteiger partial charge in [0.2, 0.25) is 0 Å². The minimum absolute atomic E-state index is 0.161. The van der Waals surface area contributed by atoms with Crippen molar-refractivity contribution in [3.8, 4) is 0 Å². The van der Waals surface area contributed by atoms with Crippen molar-refractivity contribution in [3.05, 3.63) is 114 Å². The maximum atomic E-state index is 6.81. The maximum Gasteiger partial charge on any atom is 0.107 e. The second-order valence-electron chi connectivity index (χ2n) is 10.0. The Bertz CT molecular complexity index is 1230. The summed E-state index contributed by atoms with van der Waals surface area (Å²) >= 11 is 3.60. The molecule has 0 amide bonds. The van der Waals surface area contributed by atoms with Crippen LogP contribution in [0.1, 0.15) is 60.8 Å². The summed E-state index contributed by atoms with van der Waals surface area (Å²) in [6, 6.07) is 0. The molecule has 38 heavy (non-hydrogen) atoms. The van der Waals surface area contributed by atoms with Gasteiger partial charge in [-0.3, -0.25) is 0 Å². The fraction of sp³-hybridized carbons (Fsp3) is 0.394. The molecule has 2 nitrogen and oxygen atoms in total. The van der Waals surface area contributed by atoms with Crippen LogP contribution in [0.2, 0.25) is 6.32 Å². The Balaban J connectivity index is 2.88. The summed E-state index contributed by atoms with van der Waals surface area (Å²) in [7, 11) is 4.26. The first-order valence-electron chi connectivity index (χ1n) is 13.6. The molecular weight excluding hydrogens is 499 g/mol. The van der Waals surface area contributed by atoms with Gasteiger partial charge in [0.25, 0.3) is 0 Å². The number of nitrogens with one attached hydrogen (secondary N) is 1. The van der Waals surface area contributed by atoms with Crippen molar-refractivity contribution in [1.82, 2.24) is 5.32 Å². The van der Waals surface area contributed by atoms with Gasteiger partial charge in [-0.1, -0.05) is 69.4 Å². The smallest absolute Gasteiger partial charge is 0.107 e. The van der Waals surface area contributed by atoms with E-state index < -0.39 is 0 Å². The van der Waals surface area contributed by atoms with Crippen LogP contribution < -0.4 is 11.1 Å². The summed E-state index contributed by atoms with van der Waals surface area (Å²) in [6.07, 6.45) is 12.5. The zero-order chi connectivity index (χ0) is 28.7. The van der Waals surface area contributed by atoms with Crippen LogP contribution in [-0.2, 0) is 0 Å². The molecule has 0 radical (unpaired) electrons. The van der Waals surface area contributed by atoms with Crippen LogP contribution in [0.25, 0.3) is 0 Å². The van der Waals surface area contributed by atoms with Crippen LogP contribution in [0.15, 0.2) is 114 Å². The van der Waals surface area contributed by atoms with Gasteiger partial charge < -0.3 is 11.1 Å². The Kier molecular flexibility index (Phi) is 12.0. The first-order valence-corrected chi connectivity index (χ1v) is 15.7. The minimum Gasteiger partial charge on any atom is -0.398 e. The lowest BCUT2D eigenvalue weighted by atomic mass is 9.78. The predicted molar refractivity (Wildman–Crippen MR) is 179 cm³/mol. The van der Waals surface area contributed by atoms with E-state index in [0.29, 0.717) is 0 Å². The number of rotatable bonds is 12. The quantitative estimate of drug-likeness (QED) is 0.190. The van der Waals surface area contributed by atoms with Crippen molar-refractivity contribution in [1.29, 1.82) is 0 Å². The zero-order valence-electron chi connectivity index (χ0n) is 25.2. The summed E-state index contributed by atoms with van der Waals surface area (Å²) in [5.74, 6) is 0.161. The molecule has 2 rings (SSSR count). The number of hydrogen-bond donors (Lipinski definition) is 2. The Morgan fingerprint density at radius 1 is 1.21 bits per heavy atom. The molecule has 5 heteroatoms. The second-order valence-corrected chi connectivity index (χ2v) is 12.2. The topological polar surface area (TPSA) is 38.0 Å². The van der Waals surface area contributed by atoms with Gasteiger partial charge in [-0.25, -0.2) is 0 Å². The van der Waals surface area contributed by atoms with Crippen molar-refractivity contribution in [2.75, 3.05) is 13.3 Å². The highest BCUT2D eigenvalue weighted by atomic mass is 32.2. The van der Waals surface area contributed by atoms with Crippen molar-refractivity contribution < 1.29 is 0 Å². The van der Waals surface area contributed by atoms with E-state index in [1.165, 1.54) is 48.9 Å². The number of hydrogen-bond acceptors (Lipinski definition) is 4. The lowest BCUT2D eigenvalue weighted by molar-refractivity contribution is 0.639. The van der Waals surface area contributed by atoms with Gasteiger partial charge in [-0.2, -0.15) is 0 Å². The number of nitrogens with two attached hydrogens (primary N) is 1. The molecule has 0 fully saturated rings. The molecule has 0 bridgehead atoms. The molecule has 0 aromatic heterocycles. The van der Waals surface area contributed by atoms with E-state index in [1.807, 2.05) is 25.7 Å². The second kappa shape index (κ2) is 14.2. The van der Waals surface area contributed by atoms with Crippen molar-refractivity contribution in [2.24, 2.45) is 11.7 Å². The first-order chi connectivity index (χ1) is 18.0. The van der Waals surface area contributed by atoms with E-state index in [0.717, 1.165) is 52.9 Å². The van der Waals surface area contributed by atoms with Crippen LogP contribution in [0.5, 0.6) is 0 Å². The molecule has 204 valence electrons. The highest BCUT2D eigenvalue weighted by Crippen LogP contribution is 2.50. The van der Waals surface area contributed by atoms with Crippen LogP contribution in [-0.4, -0.2) is 21.1 Å². The summed E-state index contributed by atoms with van der Waals surface area (Å²) < 4.78 is 0. The summed E-state index contributed by atoms with van der Waals surface area (Å²) in [6.45, 7) is 26.1. The molecule has 1 unspecified atom stereocenters. The number of fused-ring (bicyclic) bond motifs is 1. The molecule has 0 aromatic rings. The Labute approximate surface area is 242 Å². The van der Waals surface area contributed by atoms with E-state index in [9.17, 15) is 0 Å². The van der Waals surface area contributed by atoms with Crippen LogP contribution >= 0.6 is 23.5 Å². The highest BCUT2D eigenvalue weighted by Gasteiger charge is 2.31. The standard InChI is InChI=1S/C33H47BN2S2/c1-12-25-23(8)24(9)38-33(28-15-14-27(28)31(25)35)29(17-21(6)37-11)26(13-2)32(36-10)30(18-34)22(7)20(5)16-19(3)4/h14,16-17,26,36H,3,6-7,12-13,15,18,34-35H2,1-2,4-5,8-11H3/b20-16-,24-23-,29-17-,31-25+,32-30-,33-28-. The molecule has 0 saturated heterocycles. The van der Waals surface area contributed by atoms with E-state index in [-0.39, 0.29) is 5.92 Å². The number of allylic oxidation sites excluding steroid dienone is 13. The largest absolute Gasteiger partial charge is 0.398 e. The average Bonchev–Trinajstić information content (AvgIpc) is 2.85. The molecule has 0 spiro atoms. The third-order valence-electron chi connectivity index (χ3n) is 7.54. The fourth-order valence-electron chi connectivity index (χ4n) is 5.28. The third-order valence-corrected chi connectivity index (χ3v) is 9.48. The Hall–Kier alpha value is -2.24. The van der Waals surface area contributed by atoms with Gasteiger partial charge in [0.1, 0.15) is 7.85 Å². The molecule has 1 aliphatic carbocycles. The summed E-state index contributed by atoms with van der Waals surface area (Å²) in [4.78, 5) is 3.69. The van der Waals surface area contributed by atoms with Crippen LogP contribution in [0.3, 0.4) is 0 Å². The van der Waals surface area contributed by atoms with Gasteiger partial charge in [-0.15, -0.1) is 11.8 Å². The SMILES string of the molecule is BC/C(C(=C)/C(C)=C\C(=C)C)=C(/NC)C(CC)C(=C/C(=C)SC)/C1=C2\CC=C2/C(N)=C(CC)\C(C)=C(\C)S1. The van der Waals surface area contributed by atoms with Gasteiger partial charge in [-0.05, 0) is 109 Å². The van der Waals surface area contributed by atoms with E-state index in [4.69, 9.17) is 5.73 Å². The van der Waals surface area contributed by atoms with Gasteiger partial charge in [0, 0.05) is 34.2 Å². The minimum atomic E-state index is 0.161. The summed E-state index contributed by atoms with van der Waals surface area (Å²) in [5.41, 5.74) is 19.9. The molecule has 3 N–H and O–H groups in total. The van der Waals surface area contributed by atoms with Crippen molar-refractivity contribution >= 4 is 31.4 Å². The zero-order valence-corrected chi connectivity index (χ0v) is 26.8. The van der Waals surface area contributed by atoms with Crippen LogP contribution in [0.4, 0.5) is 0 Å². The highest BCUT2D eigenvalue weighted by molar-refractivity contribution is 8.07. The Morgan fingerprint density at radius 3 is 2.32 bits per heavy atom. The molecule has 2 aliphatic rings. The van der Waals surface area contributed by atoms with E-state index in [2.05, 4.69) is 92.0 Å². The maximum absolute atomic E-state index is 6.81. The lowest BCUT2D eigenvalue weighted by Gasteiger charge is -2.34. The molecule has 1 atom stereocenters. The van der Waals surface area contributed by atoms with Gasteiger partial charge in [0.05, 0.1) is 0 Å². The van der Waals surface area contributed by atoms with E-state index >= 15 is 0 Å². The molecule has 0 saturated carbocycles. The first kappa shape index (κ1) is 32.0. The average molecular weight is 547 g/mol. The van der Waals surface area contributed by atoms with Gasteiger partial charge >= 0.3 is 0 Å². The monoisotopic (exact) mass is 546 g/mol. The molecule has 1 aliphatic heterocycles. The fourth-order valence-corrected chi connectivity index (χ4v) is 6.75. The summed E-state index contributed by atoms with van der Waals surface area (Å²) in [5, 5.41) is 3.62. The van der Waals surface area contributed by atoms with Crippen molar-refractivity contribution in [3.63, 3.8) is 0 Å². The predicted octanol–water partition coefficient (Wildman–Crippen LogP) is 8.67. The lowest BCUT2D eigenvalue weighted by Crippen LogP contribution is -2.23. The van der Waals surface area contributed by atoms with Gasteiger partial charge in [0.15, 0.2) is 0 Å². The molecular formula is C33H47BN2S2. The van der Waals surface area contributed by atoms with Crippen LogP contribution in [0, 0.1) is 5.92 Å². The Morgan fingerprint density at radius 2 is 1.87 bits per heavy atom. The van der Waals surface area contributed by atoms with Crippen molar-refractivity contribution in [2.45, 2.75) is 67.1 Å². The van der Waals surface area contributed by atoms with E-state index in [1.54, 1.807) is 11.8 Å². The third kappa shape index (κ3) is 6.85. The molecule has 1 heterocycles. The normalized spacial score (nSPS) is 23.8.